The van der Waals surface area contributed by atoms with Gasteiger partial charge in [0.05, 0.1) is 5.25 Å². The Morgan fingerprint density at radius 2 is 1.81 bits per heavy atom. The number of sulfonamides is 1. The van der Waals surface area contributed by atoms with Crippen molar-refractivity contribution in [2.24, 2.45) is 5.92 Å². The van der Waals surface area contributed by atoms with Gasteiger partial charge in [-0.25, -0.2) is 13.1 Å². The summed E-state index contributed by atoms with van der Waals surface area (Å²) in [6.07, 6.45) is 4.79. The molecule has 0 aliphatic heterocycles. The topological polar surface area (TPSA) is 58.2 Å². The van der Waals surface area contributed by atoms with Gasteiger partial charge in [0.15, 0.2) is 0 Å². The molecule has 1 saturated carbocycles. The predicted octanol–water partition coefficient (Wildman–Crippen LogP) is 1.09. The number of rotatable bonds is 6. The molecule has 0 aromatic carbocycles. The summed E-state index contributed by atoms with van der Waals surface area (Å²) in [6.45, 7) is 4.21. The van der Waals surface area contributed by atoms with Crippen LogP contribution < -0.4 is 10.0 Å². The van der Waals surface area contributed by atoms with Crippen LogP contribution in [0, 0.1) is 5.92 Å². The predicted molar refractivity (Wildman–Crippen MR) is 66.9 cm³/mol. The van der Waals surface area contributed by atoms with Crippen molar-refractivity contribution in [1.29, 1.82) is 0 Å². The summed E-state index contributed by atoms with van der Waals surface area (Å²) in [6, 6.07) is 0.0757. The zero-order valence-corrected chi connectivity index (χ0v) is 11.3. The molecule has 0 saturated heterocycles. The van der Waals surface area contributed by atoms with Gasteiger partial charge in [-0.2, -0.15) is 0 Å². The maximum absolute atomic E-state index is 11.9. The van der Waals surface area contributed by atoms with Crippen LogP contribution in [0.4, 0.5) is 0 Å². The molecular weight excluding hydrogens is 224 g/mol. The van der Waals surface area contributed by atoms with Crippen LogP contribution in [0.25, 0.3) is 0 Å². The fraction of sp³-hybridized carbons (Fsp3) is 1.00. The third-order valence-corrected chi connectivity index (χ3v) is 5.40. The van der Waals surface area contributed by atoms with Crippen LogP contribution in [0.2, 0.25) is 0 Å². The molecule has 1 aliphatic carbocycles. The molecule has 0 aromatic heterocycles. The Hall–Kier alpha value is -0.130. The molecule has 16 heavy (non-hydrogen) atoms. The van der Waals surface area contributed by atoms with Crippen molar-refractivity contribution in [3.8, 4) is 0 Å². The first-order valence-corrected chi connectivity index (χ1v) is 7.67. The molecule has 96 valence electrons. The van der Waals surface area contributed by atoms with Gasteiger partial charge in [0.25, 0.3) is 0 Å². The lowest BCUT2D eigenvalue weighted by molar-refractivity contribution is 0.421. The Morgan fingerprint density at radius 3 is 2.31 bits per heavy atom. The molecule has 0 aromatic rings. The minimum absolute atomic E-state index is 0.0757. The number of hydrogen-bond donors (Lipinski definition) is 2. The number of nitrogens with one attached hydrogen (secondary N) is 2. The summed E-state index contributed by atoms with van der Waals surface area (Å²) < 4.78 is 26.7. The summed E-state index contributed by atoms with van der Waals surface area (Å²) in [5.74, 6) is 0.525. The summed E-state index contributed by atoms with van der Waals surface area (Å²) in [4.78, 5) is 0. The third-order valence-electron chi connectivity index (χ3n) is 3.48. The Balaban J connectivity index is 2.50. The Labute approximate surface area is 99.2 Å². The average Bonchev–Trinajstić information content (AvgIpc) is 2.70. The van der Waals surface area contributed by atoms with E-state index in [9.17, 15) is 8.42 Å². The molecule has 0 bridgehead atoms. The summed E-state index contributed by atoms with van der Waals surface area (Å²) in [5.41, 5.74) is 0. The van der Waals surface area contributed by atoms with Gasteiger partial charge in [-0.15, -0.1) is 0 Å². The van der Waals surface area contributed by atoms with E-state index < -0.39 is 10.0 Å². The van der Waals surface area contributed by atoms with Gasteiger partial charge >= 0.3 is 0 Å². The number of hydrogen-bond acceptors (Lipinski definition) is 3. The second-order valence-corrected chi connectivity index (χ2v) is 6.99. The van der Waals surface area contributed by atoms with Crippen molar-refractivity contribution < 1.29 is 8.42 Å². The summed E-state index contributed by atoms with van der Waals surface area (Å²) in [7, 11) is -1.40. The van der Waals surface area contributed by atoms with Crippen molar-refractivity contribution in [2.45, 2.75) is 50.8 Å². The van der Waals surface area contributed by atoms with E-state index in [1.807, 2.05) is 6.92 Å². The minimum atomic E-state index is -3.17. The van der Waals surface area contributed by atoms with Gasteiger partial charge in [0.1, 0.15) is 0 Å². The monoisotopic (exact) mass is 248 g/mol. The van der Waals surface area contributed by atoms with Crippen molar-refractivity contribution in [1.82, 2.24) is 10.0 Å². The van der Waals surface area contributed by atoms with Crippen LogP contribution in [0.5, 0.6) is 0 Å². The van der Waals surface area contributed by atoms with Gasteiger partial charge in [0.2, 0.25) is 10.0 Å². The van der Waals surface area contributed by atoms with E-state index in [-0.39, 0.29) is 11.3 Å². The second kappa shape index (κ2) is 5.98. The minimum Gasteiger partial charge on any atom is -0.318 e. The Morgan fingerprint density at radius 1 is 1.25 bits per heavy atom. The van der Waals surface area contributed by atoms with E-state index in [1.165, 1.54) is 12.8 Å². The molecule has 1 aliphatic rings. The van der Waals surface area contributed by atoms with Crippen LogP contribution in [0.3, 0.4) is 0 Å². The van der Waals surface area contributed by atoms with Crippen LogP contribution in [0.1, 0.15) is 39.5 Å². The molecule has 2 N–H and O–H groups in total. The van der Waals surface area contributed by atoms with Crippen molar-refractivity contribution in [2.75, 3.05) is 13.6 Å². The molecule has 0 spiro atoms. The van der Waals surface area contributed by atoms with E-state index in [4.69, 9.17) is 0 Å². The first-order valence-electron chi connectivity index (χ1n) is 6.13. The highest BCUT2D eigenvalue weighted by molar-refractivity contribution is 7.90. The maximum atomic E-state index is 11.9. The van der Waals surface area contributed by atoms with Gasteiger partial charge in [-0.05, 0) is 39.7 Å². The fourth-order valence-electron chi connectivity index (χ4n) is 2.33. The summed E-state index contributed by atoms with van der Waals surface area (Å²) in [5, 5.41) is 2.52. The fourth-order valence-corrected chi connectivity index (χ4v) is 3.66. The van der Waals surface area contributed by atoms with Crippen LogP contribution in [-0.4, -0.2) is 33.3 Å². The molecule has 1 fully saturated rings. The van der Waals surface area contributed by atoms with Gasteiger partial charge in [-0.1, -0.05) is 12.8 Å². The second-order valence-electron chi connectivity index (χ2n) is 4.86. The Bertz CT molecular complexity index is 297. The lowest BCUT2D eigenvalue weighted by Gasteiger charge is -2.22. The lowest BCUT2D eigenvalue weighted by atomic mass is 10.0. The highest BCUT2D eigenvalue weighted by Gasteiger charge is 2.27. The zero-order chi connectivity index (χ0) is 12.2. The molecular formula is C11H24N2O2S. The van der Waals surface area contributed by atoms with E-state index in [0.29, 0.717) is 12.5 Å². The van der Waals surface area contributed by atoms with E-state index >= 15 is 0 Å². The SMILES string of the molecule is CNCC(C)S(=O)(=O)NC(C)C1CCCC1. The largest absolute Gasteiger partial charge is 0.318 e. The first kappa shape index (κ1) is 13.9. The standard InChI is InChI=1S/C11H24N2O2S/c1-9(8-12-3)16(14,15)13-10(2)11-6-4-5-7-11/h9-13H,4-8H2,1-3H3. The van der Waals surface area contributed by atoms with Crippen LogP contribution in [-0.2, 0) is 10.0 Å². The smallest absolute Gasteiger partial charge is 0.215 e. The molecule has 1 rings (SSSR count). The molecule has 4 nitrogen and oxygen atoms in total. The maximum Gasteiger partial charge on any atom is 0.215 e. The first-order chi connectivity index (χ1) is 7.47. The van der Waals surface area contributed by atoms with E-state index in [2.05, 4.69) is 10.0 Å². The quantitative estimate of drug-likeness (QED) is 0.740. The van der Waals surface area contributed by atoms with Crippen LogP contribution in [0.15, 0.2) is 0 Å². The van der Waals surface area contributed by atoms with Crippen molar-refractivity contribution >= 4 is 10.0 Å². The average molecular weight is 248 g/mol. The third kappa shape index (κ3) is 3.71. The highest BCUT2D eigenvalue weighted by Crippen LogP contribution is 2.27. The highest BCUT2D eigenvalue weighted by atomic mass is 32.2. The molecule has 2 atom stereocenters. The van der Waals surface area contributed by atoms with E-state index in [0.717, 1.165) is 12.8 Å². The normalized spacial score (nSPS) is 22.2. The molecule has 2 unspecified atom stereocenters. The summed E-state index contributed by atoms with van der Waals surface area (Å²) >= 11 is 0. The Kier molecular flexibility index (Phi) is 5.21. The molecule has 0 amide bonds. The van der Waals surface area contributed by atoms with Gasteiger partial charge in [-0.3, -0.25) is 0 Å². The zero-order valence-electron chi connectivity index (χ0n) is 10.5. The molecule has 0 heterocycles. The van der Waals surface area contributed by atoms with Crippen molar-refractivity contribution in [3.05, 3.63) is 0 Å². The van der Waals surface area contributed by atoms with Gasteiger partial charge in [0, 0.05) is 12.6 Å². The molecule has 0 radical (unpaired) electrons. The lowest BCUT2D eigenvalue weighted by Crippen LogP contribution is -2.44. The van der Waals surface area contributed by atoms with Crippen LogP contribution >= 0.6 is 0 Å². The molecule has 5 heteroatoms. The van der Waals surface area contributed by atoms with Crippen molar-refractivity contribution in [3.63, 3.8) is 0 Å². The van der Waals surface area contributed by atoms with Gasteiger partial charge < -0.3 is 5.32 Å². The van der Waals surface area contributed by atoms with E-state index in [1.54, 1.807) is 14.0 Å².